The molecule has 0 aromatic heterocycles. The number of carbonyl (C=O) groups excluding carboxylic acids is 1. The molecule has 2 aromatic carbocycles. The van der Waals surface area contributed by atoms with E-state index in [1.54, 1.807) is 24.3 Å². The summed E-state index contributed by atoms with van der Waals surface area (Å²) in [5, 5.41) is 0. The van der Waals surface area contributed by atoms with Crippen molar-refractivity contribution in [3.8, 4) is 5.75 Å². The van der Waals surface area contributed by atoms with Gasteiger partial charge in [-0.25, -0.2) is 13.2 Å². The fourth-order valence-electron chi connectivity index (χ4n) is 2.98. The summed E-state index contributed by atoms with van der Waals surface area (Å²) in [5.41, 5.74) is 2.35. The number of hydrogen-bond donors (Lipinski definition) is 1. The highest BCUT2D eigenvalue weighted by Crippen LogP contribution is 2.20. The Hall–Kier alpha value is -2.22. The molecule has 1 fully saturated rings. The van der Waals surface area contributed by atoms with Crippen molar-refractivity contribution in [3.05, 3.63) is 59.2 Å². The van der Waals surface area contributed by atoms with Gasteiger partial charge in [0.25, 0.3) is 0 Å². The number of esters is 1. The molecule has 27 heavy (non-hydrogen) atoms. The lowest BCUT2D eigenvalue weighted by atomic mass is 10.1. The Kier molecular flexibility index (Phi) is 5.64. The average Bonchev–Trinajstić information content (AvgIpc) is 2.65. The molecule has 6 nitrogen and oxygen atoms in total. The Morgan fingerprint density at radius 2 is 1.74 bits per heavy atom. The fraction of sp³-hybridized carbons (Fsp3) is 0.350. The van der Waals surface area contributed by atoms with E-state index < -0.39 is 16.0 Å². The summed E-state index contributed by atoms with van der Waals surface area (Å²) >= 11 is 0. The summed E-state index contributed by atoms with van der Waals surface area (Å²) < 4.78 is 32.6. The van der Waals surface area contributed by atoms with Gasteiger partial charge >= 0.3 is 5.97 Å². The van der Waals surface area contributed by atoms with Crippen molar-refractivity contribution in [2.24, 2.45) is 0 Å². The van der Waals surface area contributed by atoms with E-state index in [9.17, 15) is 13.2 Å². The molecule has 0 unspecified atom stereocenters. The van der Waals surface area contributed by atoms with Crippen LogP contribution in [0.1, 0.15) is 21.5 Å². The Bertz CT molecular complexity index is 948. The molecule has 0 radical (unpaired) electrons. The van der Waals surface area contributed by atoms with E-state index in [0.717, 1.165) is 24.2 Å². The molecule has 1 N–H and O–H groups in total. The molecule has 7 heteroatoms. The molecule has 0 amide bonds. The first kappa shape index (κ1) is 19.5. The minimum atomic E-state index is -3.61. The van der Waals surface area contributed by atoms with Gasteiger partial charge in [-0.15, -0.1) is 0 Å². The minimum absolute atomic E-state index is 0.122. The molecule has 3 rings (SSSR count). The van der Waals surface area contributed by atoms with Crippen LogP contribution < -0.4 is 9.64 Å². The van der Waals surface area contributed by atoms with Crippen molar-refractivity contribution < 1.29 is 22.8 Å². The first-order valence-electron chi connectivity index (χ1n) is 8.98. The molecule has 2 aromatic rings. The van der Waals surface area contributed by atoms with Gasteiger partial charge in [0.05, 0.1) is 43.7 Å². The maximum absolute atomic E-state index is 12.9. The van der Waals surface area contributed by atoms with Crippen LogP contribution in [-0.2, 0) is 10.0 Å². The molecular weight excluding hydrogens is 364 g/mol. The lowest BCUT2D eigenvalue weighted by Crippen LogP contribution is -3.12. The number of sulfonamides is 1. The zero-order chi connectivity index (χ0) is 19.6. The zero-order valence-electron chi connectivity index (χ0n) is 15.9. The van der Waals surface area contributed by atoms with Crippen molar-refractivity contribution >= 4 is 16.0 Å². The maximum atomic E-state index is 12.9. The molecule has 1 heterocycles. The topological polar surface area (TPSA) is 68.1 Å². The maximum Gasteiger partial charge on any atom is 0.343 e. The van der Waals surface area contributed by atoms with Crippen molar-refractivity contribution in [3.63, 3.8) is 0 Å². The molecule has 1 saturated heterocycles. The third-order valence-electron chi connectivity index (χ3n) is 4.97. The molecular formula is C20H25N2O4S+. The smallest absolute Gasteiger partial charge is 0.343 e. The van der Waals surface area contributed by atoms with E-state index in [-0.39, 0.29) is 10.5 Å². The Morgan fingerprint density at radius 3 is 2.41 bits per heavy atom. The van der Waals surface area contributed by atoms with E-state index in [1.165, 1.54) is 21.3 Å². The number of rotatable bonds is 4. The van der Waals surface area contributed by atoms with Crippen LogP contribution in [0.15, 0.2) is 47.4 Å². The van der Waals surface area contributed by atoms with E-state index in [0.29, 0.717) is 18.8 Å². The first-order chi connectivity index (χ1) is 12.8. The monoisotopic (exact) mass is 389 g/mol. The number of benzene rings is 2. The SMILES string of the molecule is Cc1ccc(OC(=O)c2cccc(S(=O)(=O)N3CC[NH+](C)CC3)c2)cc1C. The van der Waals surface area contributed by atoms with Gasteiger partial charge < -0.3 is 9.64 Å². The summed E-state index contributed by atoms with van der Waals surface area (Å²) in [6, 6.07) is 11.5. The summed E-state index contributed by atoms with van der Waals surface area (Å²) in [7, 11) is -1.57. The Morgan fingerprint density at radius 1 is 1.04 bits per heavy atom. The van der Waals surface area contributed by atoms with Gasteiger partial charge in [0.2, 0.25) is 10.0 Å². The standard InChI is InChI=1S/C20H24N2O4S/c1-15-7-8-18(13-16(15)2)26-20(23)17-5-4-6-19(14-17)27(24,25)22-11-9-21(3)10-12-22/h4-8,13-14H,9-12H2,1-3H3/p+1. The third-order valence-corrected chi connectivity index (χ3v) is 6.87. The summed E-state index contributed by atoms with van der Waals surface area (Å²) in [6.45, 7) is 6.42. The molecule has 0 saturated carbocycles. The van der Waals surface area contributed by atoms with Gasteiger partial charge in [0, 0.05) is 0 Å². The highest BCUT2D eigenvalue weighted by atomic mass is 32.2. The van der Waals surface area contributed by atoms with Crippen LogP contribution >= 0.6 is 0 Å². The van der Waals surface area contributed by atoms with Crippen molar-refractivity contribution in [1.29, 1.82) is 0 Å². The number of nitrogens with zero attached hydrogens (tertiary/aromatic N) is 1. The number of piperazine rings is 1. The molecule has 0 spiro atoms. The van der Waals surface area contributed by atoms with Crippen molar-refractivity contribution in [2.45, 2.75) is 18.7 Å². The van der Waals surface area contributed by atoms with E-state index >= 15 is 0 Å². The molecule has 1 aliphatic heterocycles. The van der Waals surface area contributed by atoms with Crippen LogP contribution in [0.2, 0.25) is 0 Å². The molecule has 0 bridgehead atoms. The first-order valence-corrected chi connectivity index (χ1v) is 10.4. The summed E-state index contributed by atoms with van der Waals surface area (Å²) in [4.78, 5) is 13.9. The van der Waals surface area contributed by atoms with Crippen molar-refractivity contribution in [1.82, 2.24) is 4.31 Å². The second kappa shape index (κ2) is 7.80. The normalized spacial score (nSPS) is 16.3. The summed E-state index contributed by atoms with van der Waals surface area (Å²) in [6.07, 6.45) is 0. The predicted molar refractivity (Wildman–Crippen MR) is 103 cm³/mol. The van der Waals surface area contributed by atoms with Gasteiger partial charge in [-0.05, 0) is 55.3 Å². The van der Waals surface area contributed by atoms with Gasteiger partial charge in [-0.2, -0.15) is 4.31 Å². The Balaban J connectivity index is 1.80. The van der Waals surface area contributed by atoms with E-state index in [2.05, 4.69) is 0 Å². The fourth-order valence-corrected chi connectivity index (χ4v) is 4.47. The van der Waals surface area contributed by atoms with E-state index in [1.807, 2.05) is 27.0 Å². The van der Waals surface area contributed by atoms with Crippen LogP contribution in [-0.4, -0.2) is 51.9 Å². The Labute approximate surface area is 160 Å². The second-order valence-corrected chi connectivity index (χ2v) is 8.96. The summed E-state index contributed by atoms with van der Waals surface area (Å²) in [5.74, 6) is -0.128. The zero-order valence-corrected chi connectivity index (χ0v) is 16.7. The minimum Gasteiger partial charge on any atom is -0.423 e. The van der Waals surface area contributed by atoms with E-state index in [4.69, 9.17) is 4.74 Å². The predicted octanol–water partition coefficient (Wildman–Crippen LogP) is 1.04. The second-order valence-electron chi connectivity index (χ2n) is 7.02. The molecule has 144 valence electrons. The quantitative estimate of drug-likeness (QED) is 0.627. The number of ether oxygens (including phenoxy) is 1. The lowest BCUT2D eigenvalue weighted by Gasteiger charge is -2.29. The number of nitrogens with one attached hydrogen (secondary N) is 1. The molecule has 0 aliphatic carbocycles. The van der Waals surface area contributed by atoms with Gasteiger partial charge in [-0.3, -0.25) is 0 Å². The van der Waals surface area contributed by atoms with Gasteiger partial charge in [-0.1, -0.05) is 12.1 Å². The van der Waals surface area contributed by atoms with Crippen LogP contribution in [0.5, 0.6) is 5.75 Å². The highest BCUT2D eigenvalue weighted by Gasteiger charge is 2.29. The van der Waals surface area contributed by atoms with Crippen molar-refractivity contribution in [2.75, 3.05) is 33.2 Å². The van der Waals surface area contributed by atoms with Gasteiger partial charge in [0.1, 0.15) is 5.75 Å². The molecule has 0 atom stereocenters. The van der Waals surface area contributed by atoms with Crippen LogP contribution in [0.25, 0.3) is 0 Å². The number of likely N-dealkylation sites (N-methyl/N-ethyl adjacent to an activating group) is 1. The lowest BCUT2D eigenvalue weighted by molar-refractivity contribution is -0.883. The number of quaternary nitrogens is 1. The van der Waals surface area contributed by atoms with Crippen LogP contribution in [0.4, 0.5) is 0 Å². The third kappa shape index (κ3) is 4.37. The number of aryl methyl sites for hydroxylation is 2. The van der Waals surface area contributed by atoms with Crippen LogP contribution in [0.3, 0.4) is 0 Å². The largest absolute Gasteiger partial charge is 0.423 e. The number of hydrogen-bond acceptors (Lipinski definition) is 4. The number of carbonyl (C=O) groups is 1. The average molecular weight is 389 g/mol. The van der Waals surface area contributed by atoms with Crippen LogP contribution in [0, 0.1) is 13.8 Å². The van der Waals surface area contributed by atoms with Gasteiger partial charge in [0.15, 0.2) is 0 Å². The molecule has 1 aliphatic rings. The highest BCUT2D eigenvalue weighted by molar-refractivity contribution is 7.89.